The number of ether oxygens (including phenoxy) is 1. The van der Waals surface area contributed by atoms with Crippen LogP contribution in [0.3, 0.4) is 0 Å². The van der Waals surface area contributed by atoms with Crippen molar-refractivity contribution >= 4 is 17.0 Å². The van der Waals surface area contributed by atoms with Gasteiger partial charge in [-0.1, -0.05) is 26.5 Å². The first kappa shape index (κ1) is 15.0. The monoisotopic (exact) mass is 313 g/mol. The van der Waals surface area contributed by atoms with Gasteiger partial charge >= 0.3 is 5.97 Å². The van der Waals surface area contributed by atoms with Crippen LogP contribution in [0.15, 0.2) is 54.5 Å². The molecule has 0 amide bonds. The van der Waals surface area contributed by atoms with Crippen LogP contribution in [0.5, 0.6) is 5.75 Å². The Labute approximate surface area is 133 Å². The molecule has 120 valence electrons. The molecule has 2 unspecified atom stereocenters. The van der Waals surface area contributed by atoms with Crippen LogP contribution in [-0.4, -0.2) is 21.0 Å². The van der Waals surface area contributed by atoms with Gasteiger partial charge in [0.15, 0.2) is 0 Å². The highest BCUT2D eigenvalue weighted by Gasteiger charge is 2.19. The van der Waals surface area contributed by atoms with Crippen LogP contribution >= 0.6 is 0 Å². The second kappa shape index (κ2) is 5.72. The molecule has 1 aromatic carbocycles. The van der Waals surface area contributed by atoms with E-state index < -0.39 is 5.97 Å². The number of aromatic amines is 1. The van der Waals surface area contributed by atoms with E-state index in [2.05, 4.69) is 31.0 Å². The highest BCUT2D eigenvalue weighted by Crippen LogP contribution is 2.27. The molecule has 0 radical (unpaired) electrons. The van der Waals surface area contributed by atoms with Gasteiger partial charge in [0.25, 0.3) is 0 Å². The van der Waals surface area contributed by atoms with Gasteiger partial charge in [0, 0.05) is 12.1 Å². The summed E-state index contributed by atoms with van der Waals surface area (Å²) < 4.78 is 5.11. The highest BCUT2D eigenvalue weighted by atomic mass is 16.5. The van der Waals surface area contributed by atoms with Gasteiger partial charge in [-0.3, -0.25) is 10.5 Å². The Morgan fingerprint density at radius 2 is 2.13 bits per heavy atom. The molecule has 0 fully saturated rings. The summed E-state index contributed by atoms with van der Waals surface area (Å²) in [4.78, 5) is 12.9. The molecule has 3 rings (SSSR count). The molecule has 23 heavy (non-hydrogen) atoms. The van der Waals surface area contributed by atoms with E-state index in [1.807, 2.05) is 18.2 Å². The van der Waals surface area contributed by atoms with E-state index in [0.29, 0.717) is 23.3 Å². The molecule has 1 heterocycles. The van der Waals surface area contributed by atoms with Gasteiger partial charge in [0.05, 0.1) is 11.2 Å². The van der Waals surface area contributed by atoms with Crippen molar-refractivity contribution in [2.45, 2.75) is 13.8 Å². The molecule has 2 atom stereocenters. The molecule has 0 bridgehead atoms. The lowest BCUT2D eigenvalue weighted by Gasteiger charge is -2.25. The lowest BCUT2D eigenvalue weighted by Crippen LogP contribution is -2.25. The number of hydrogen-bond acceptors (Lipinski definition) is 4. The zero-order valence-corrected chi connectivity index (χ0v) is 13.0. The maximum Gasteiger partial charge on any atom is 0.335 e. The summed E-state index contributed by atoms with van der Waals surface area (Å²) in [6.45, 7) is 7.53. The van der Waals surface area contributed by atoms with Crippen LogP contribution in [0.2, 0.25) is 0 Å². The maximum atomic E-state index is 11.3. The topological polar surface area (TPSA) is 79.3 Å². The molecule has 3 N–H and O–H groups in total. The van der Waals surface area contributed by atoms with Gasteiger partial charge in [-0.15, -0.1) is 0 Å². The van der Waals surface area contributed by atoms with Crippen molar-refractivity contribution in [1.29, 1.82) is 0 Å². The molecule has 1 aromatic heterocycles. The van der Waals surface area contributed by atoms with Crippen molar-refractivity contribution in [3.05, 3.63) is 54.5 Å². The lowest BCUT2D eigenvalue weighted by atomic mass is 9.90. The first-order chi connectivity index (χ1) is 11.0. The number of benzene rings is 1. The Bertz CT molecular complexity index is 825. The number of aliphatic hydroxyl groups is 1. The summed E-state index contributed by atoms with van der Waals surface area (Å²) in [6, 6.07) is 5.25. The van der Waals surface area contributed by atoms with E-state index in [1.165, 1.54) is 0 Å². The van der Waals surface area contributed by atoms with Crippen molar-refractivity contribution < 1.29 is 14.6 Å². The molecule has 0 aliphatic heterocycles. The number of fused-ring (bicyclic) bond motifs is 1. The molecule has 0 saturated carbocycles. The van der Waals surface area contributed by atoms with Gasteiger partial charge < -0.3 is 9.84 Å². The minimum Gasteiger partial charge on any atom is -0.506 e. The summed E-state index contributed by atoms with van der Waals surface area (Å²) in [5.74, 6) is 0.771. The van der Waals surface area contributed by atoms with E-state index in [0.717, 1.165) is 17.1 Å². The molecule has 6 nitrogen and oxygen atoms in total. The van der Waals surface area contributed by atoms with E-state index in [1.54, 1.807) is 16.9 Å². The number of carbonyl (C=O) groups is 1. The van der Waals surface area contributed by atoms with Gasteiger partial charge in [-0.25, -0.2) is 4.79 Å². The third-order valence-corrected chi connectivity index (χ3v) is 4.02. The van der Waals surface area contributed by atoms with Crippen LogP contribution in [0.4, 0.5) is 0 Å². The molecular formula is C17H19N3O3. The van der Waals surface area contributed by atoms with E-state index in [9.17, 15) is 9.90 Å². The van der Waals surface area contributed by atoms with E-state index in [-0.39, 0.29) is 5.76 Å². The quantitative estimate of drug-likeness (QED) is 0.460. The largest absolute Gasteiger partial charge is 0.506 e. The Kier molecular flexibility index (Phi) is 3.73. The Hall–Kier alpha value is -2.89. The average Bonchev–Trinajstić information content (AvgIpc) is 2.51. The molecule has 1 aliphatic carbocycles. The number of aliphatic hydroxyl groups excluding tert-OH is 1. The number of nitrogens with zero attached hydrogens (tertiary/aromatic N) is 1. The fourth-order valence-corrected chi connectivity index (χ4v) is 2.43. The van der Waals surface area contributed by atoms with Crippen LogP contribution < -0.4 is 10.2 Å². The number of rotatable bonds is 4. The number of allylic oxidation sites excluding steroid dienone is 2. The molecule has 2 aromatic rings. The minimum absolute atomic E-state index is 0.222. The summed E-state index contributed by atoms with van der Waals surface area (Å²) in [5, 5.41) is 13.2. The Morgan fingerprint density at radius 3 is 2.87 bits per heavy atom. The lowest BCUT2D eigenvalue weighted by molar-refractivity contribution is -0.128. The second-order valence-corrected chi connectivity index (χ2v) is 5.71. The predicted molar refractivity (Wildman–Crippen MR) is 88.6 cm³/mol. The van der Waals surface area contributed by atoms with Crippen molar-refractivity contribution in [1.82, 2.24) is 9.89 Å². The number of hydrogen-bond donors (Lipinski definition) is 3. The molecule has 0 saturated heterocycles. The fraction of sp³-hybridized carbons (Fsp3) is 0.235. The number of carbonyl (C=O) groups excluding carboxylic acids is 1. The van der Waals surface area contributed by atoms with Gasteiger partial charge in [-0.05, 0) is 30.0 Å². The number of H-pyrrole nitrogens is 1. The summed E-state index contributed by atoms with van der Waals surface area (Å²) in [7, 11) is 0. The number of aromatic nitrogens is 2. The van der Waals surface area contributed by atoms with Crippen LogP contribution in [0, 0.1) is 11.8 Å². The first-order valence-corrected chi connectivity index (χ1v) is 7.42. The average molecular weight is 313 g/mol. The van der Waals surface area contributed by atoms with Crippen LogP contribution in [0.25, 0.3) is 11.0 Å². The number of nitrogens with one attached hydrogen (secondary N) is 2. The van der Waals surface area contributed by atoms with E-state index in [4.69, 9.17) is 4.74 Å². The van der Waals surface area contributed by atoms with Crippen molar-refractivity contribution in [2.75, 3.05) is 5.43 Å². The van der Waals surface area contributed by atoms with Crippen LogP contribution in [-0.2, 0) is 4.79 Å². The van der Waals surface area contributed by atoms with Gasteiger partial charge in [0.2, 0.25) is 0 Å². The van der Waals surface area contributed by atoms with Crippen molar-refractivity contribution in [3.8, 4) is 5.75 Å². The van der Waals surface area contributed by atoms with Gasteiger partial charge in [-0.2, -0.15) is 4.79 Å². The Morgan fingerprint density at radius 1 is 1.39 bits per heavy atom. The third-order valence-electron chi connectivity index (χ3n) is 4.02. The normalized spacial score (nSPS) is 20.8. The maximum absolute atomic E-state index is 11.3. The number of esters is 1. The molecule has 6 heteroatoms. The van der Waals surface area contributed by atoms with Crippen LogP contribution in [0.1, 0.15) is 13.8 Å². The standard InChI is InChI=1S/C17H19N3O3/c1-4-17(22)23-12-5-6-13-15(9-12)20(18-13)19-14-7-10(2)11(3)8-16(14)21/h4-11,18-19,21H,1H2,2-3H3. The SMILES string of the molecule is C=CC(=O)Oc1ccc2[nH]n(NC3=CC(C)C(C)C=C3O)c2c1. The summed E-state index contributed by atoms with van der Waals surface area (Å²) in [5.41, 5.74) is 5.47. The van der Waals surface area contributed by atoms with Gasteiger partial charge in [0.1, 0.15) is 17.0 Å². The van der Waals surface area contributed by atoms with Crippen molar-refractivity contribution in [2.24, 2.45) is 11.8 Å². The molecule has 1 aliphatic rings. The second-order valence-electron chi connectivity index (χ2n) is 5.71. The third kappa shape index (κ3) is 2.88. The zero-order chi connectivity index (χ0) is 16.6. The zero-order valence-electron chi connectivity index (χ0n) is 13.0. The Balaban J connectivity index is 1.83. The fourth-order valence-electron chi connectivity index (χ4n) is 2.43. The predicted octanol–water partition coefficient (Wildman–Crippen LogP) is 3.22. The molecule has 0 spiro atoms. The summed E-state index contributed by atoms with van der Waals surface area (Å²) in [6.07, 6.45) is 4.93. The van der Waals surface area contributed by atoms with E-state index >= 15 is 0 Å². The summed E-state index contributed by atoms with van der Waals surface area (Å²) >= 11 is 0. The molecular weight excluding hydrogens is 294 g/mol. The smallest absolute Gasteiger partial charge is 0.335 e. The minimum atomic E-state index is -0.505. The van der Waals surface area contributed by atoms with Crippen molar-refractivity contribution in [3.63, 3.8) is 0 Å². The first-order valence-electron chi connectivity index (χ1n) is 7.42. The highest BCUT2D eigenvalue weighted by molar-refractivity contribution is 5.85.